The number of thiophene rings is 2. The lowest BCUT2D eigenvalue weighted by Crippen LogP contribution is -1.86. The predicted molar refractivity (Wildman–Crippen MR) is 79.0 cm³/mol. The van der Waals surface area contributed by atoms with E-state index in [9.17, 15) is 0 Å². The Balaban J connectivity index is 2.13. The summed E-state index contributed by atoms with van der Waals surface area (Å²) in [7, 11) is 0. The van der Waals surface area contributed by atoms with Gasteiger partial charge in [-0.1, -0.05) is 13.0 Å². The lowest BCUT2D eigenvalue weighted by molar-refractivity contribution is 1.11. The van der Waals surface area contributed by atoms with Crippen molar-refractivity contribution in [2.75, 3.05) is 5.73 Å². The van der Waals surface area contributed by atoms with Crippen molar-refractivity contribution in [1.29, 1.82) is 0 Å². The first kappa shape index (κ1) is 11.5. The van der Waals surface area contributed by atoms with E-state index < -0.39 is 0 Å². The SMILES string of the molecule is CCc1ccc(-c2[nH]nc(N)c2-c2cccs2)s1. The molecule has 0 saturated heterocycles. The van der Waals surface area contributed by atoms with Crippen LogP contribution in [0.5, 0.6) is 0 Å². The molecule has 0 bridgehead atoms. The van der Waals surface area contributed by atoms with Crippen molar-refractivity contribution in [3.63, 3.8) is 0 Å². The highest BCUT2D eigenvalue weighted by Crippen LogP contribution is 2.39. The van der Waals surface area contributed by atoms with Gasteiger partial charge in [0.15, 0.2) is 5.82 Å². The zero-order valence-electron chi connectivity index (χ0n) is 9.93. The summed E-state index contributed by atoms with van der Waals surface area (Å²) >= 11 is 3.47. The predicted octanol–water partition coefficient (Wildman–Crippen LogP) is 4.01. The van der Waals surface area contributed by atoms with Crippen molar-refractivity contribution in [2.45, 2.75) is 13.3 Å². The molecule has 3 aromatic heterocycles. The van der Waals surface area contributed by atoms with Gasteiger partial charge in [0, 0.05) is 9.75 Å². The first-order valence-corrected chi connectivity index (χ1v) is 7.46. The normalized spacial score (nSPS) is 10.9. The molecule has 0 aromatic carbocycles. The lowest BCUT2D eigenvalue weighted by Gasteiger charge is -1.99. The van der Waals surface area contributed by atoms with Gasteiger partial charge in [0.2, 0.25) is 0 Å². The van der Waals surface area contributed by atoms with Crippen LogP contribution in [0.3, 0.4) is 0 Å². The second-order valence-corrected chi connectivity index (χ2v) is 6.07. The number of hydrogen-bond acceptors (Lipinski definition) is 4. The Morgan fingerprint density at radius 3 is 2.83 bits per heavy atom. The third-order valence-electron chi connectivity index (χ3n) is 2.82. The summed E-state index contributed by atoms with van der Waals surface area (Å²) in [4.78, 5) is 3.72. The number of hydrogen-bond donors (Lipinski definition) is 2. The molecule has 0 saturated carbocycles. The van der Waals surface area contributed by atoms with Crippen molar-refractivity contribution in [2.24, 2.45) is 0 Å². The average molecular weight is 275 g/mol. The standard InChI is InChI=1S/C13H13N3S2/c1-2-8-5-6-10(18-8)12-11(13(14)16-15-12)9-4-3-7-17-9/h3-7H,2H2,1H3,(H3,14,15,16). The number of nitrogen functional groups attached to an aromatic ring is 1. The Morgan fingerprint density at radius 1 is 1.28 bits per heavy atom. The van der Waals surface area contributed by atoms with Crippen LogP contribution in [-0.4, -0.2) is 10.2 Å². The Labute approximate surface area is 113 Å². The molecule has 92 valence electrons. The zero-order chi connectivity index (χ0) is 12.5. The van der Waals surface area contributed by atoms with Gasteiger partial charge in [0.05, 0.1) is 16.1 Å². The number of nitrogens with one attached hydrogen (secondary N) is 1. The van der Waals surface area contributed by atoms with Gasteiger partial charge in [-0.15, -0.1) is 22.7 Å². The highest BCUT2D eigenvalue weighted by molar-refractivity contribution is 7.16. The Bertz CT molecular complexity index is 650. The molecule has 0 aliphatic rings. The van der Waals surface area contributed by atoms with Gasteiger partial charge >= 0.3 is 0 Å². The summed E-state index contributed by atoms with van der Waals surface area (Å²) < 4.78 is 0. The second kappa shape index (κ2) is 4.59. The molecule has 3 aromatic rings. The summed E-state index contributed by atoms with van der Waals surface area (Å²) in [6.45, 7) is 2.16. The maximum absolute atomic E-state index is 5.98. The molecule has 3 N–H and O–H groups in total. The molecule has 0 fully saturated rings. The van der Waals surface area contributed by atoms with Gasteiger partial charge in [-0.05, 0) is 30.0 Å². The van der Waals surface area contributed by atoms with Crippen molar-refractivity contribution < 1.29 is 0 Å². The fourth-order valence-corrected chi connectivity index (χ4v) is 3.64. The van der Waals surface area contributed by atoms with Crippen LogP contribution >= 0.6 is 22.7 Å². The fraction of sp³-hybridized carbons (Fsp3) is 0.154. The van der Waals surface area contributed by atoms with Crippen LogP contribution in [0.1, 0.15) is 11.8 Å². The third-order valence-corrected chi connectivity index (χ3v) is 4.95. The summed E-state index contributed by atoms with van der Waals surface area (Å²) in [6.07, 6.45) is 1.06. The maximum Gasteiger partial charge on any atom is 0.154 e. The highest BCUT2D eigenvalue weighted by Gasteiger charge is 2.16. The summed E-state index contributed by atoms with van der Waals surface area (Å²) in [5, 5.41) is 9.26. The van der Waals surface area contributed by atoms with Crippen molar-refractivity contribution in [1.82, 2.24) is 10.2 Å². The van der Waals surface area contributed by atoms with E-state index >= 15 is 0 Å². The molecule has 3 heterocycles. The number of nitrogens with zero attached hydrogens (tertiary/aromatic N) is 1. The third kappa shape index (κ3) is 1.85. The van der Waals surface area contributed by atoms with Crippen molar-refractivity contribution in [3.05, 3.63) is 34.5 Å². The maximum atomic E-state index is 5.98. The number of nitrogens with two attached hydrogens (primary N) is 1. The zero-order valence-corrected chi connectivity index (χ0v) is 11.6. The van der Waals surface area contributed by atoms with Crippen LogP contribution in [0.2, 0.25) is 0 Å². The Morgan fingerprint density at radius 2 is 2.17 bits per heavy atom. The van der Waals surface area contributed by atoms with E-state index in [1.54, 1.807) is 22.7 Å². The quantitative estimate of drug-likeness (QED) is 0.758. The van der Waals surface area contributed by atoms with E-state index in [0.717, 1.165) is 22.6 Å². The molecule has 3 nitrogen and oxygen atoms in total. The van der Waals surface area contributed by atoms with Crippen LogP contribution in [0, 0.1) is 0 Å². The number of aromatic amines is 1. The number of rotatable bonds is 3. The summed E-state index contributed by atoms with van der Waals surface area (Å²) in [5.41, 5.74) is 8.03. The van der Waals surface area contributed by atoms with Crippen LogP contribution in [-0.2, 0) is 6.42 Å². The van der Waals surface area contributed by atoms with E-state index in [-0.39, 0.29) is 0 Å². The number of anilines is 1. The molecule has 0 radical (unpaired) electrons. The van der Waals surface area contributed by atoms with Gasteiger partial charge in [0.25, 0.3) is 0 Å². The number of H-pyrrole nitrogens is 1. The molecule has 0 spiro atoms. The Kier molecular flexibility index (Phi) is 2.93. The highest BCUT2D eigenvalue weighted by atomic mass is 32.1. The van der Waals surface area contributed by atoms with E-state index in [2.05, 4.69) is 40.7 Å². The second-order valence-electron chi connectivity index (χ2n) is 3.96. The number of aromatic nitrogens is 2. The topological polar surface area (TPSA) is 54.7 Å². The first-order chi connectivity index (χ1) is 8.79. The molecule has 0 aliphatic carbocycles. The van der Waals surface area contributed by atoms with E-state index in [0.29, 0.717) is 5.82 Å². The summed E-state index contributed by atoms with van der Waals surface area (Å²) in [6, 6.07) is 8.40. The van der Waals surface area contributed by atoms with Gasteiger partial charge in [-0.25, -0.2) is 0 Å². The monoisotopic (exact) mass is 275 g/mol. The largest absolute Gasteiger partial charge is 0.382 e. The van der Waals surface area contributed by atoms with Gasteiger partial charge < -0.3 is 5.73 Å². The number of aryl methyl sites for hydroxylation is 1. The van der Waals surface area contributed by atoms with Crippen LogP contribution in [0.4, 0.5) is 5.82 Å². The molecule has 0 amide bonds. The smallest absolute Gasteiger partial charge is 0.154 e. The lowest BCUT2D eigenvalue weighted by atomic mass is 10.1. The van der Waals surface area contributed by atoms with Crippen molar-refractivity contribution in [3.8, 4) is 21.0 Å². The van der Waals surface area contributed by atoms with Crippen molar-refractivity contribution >= 4 is 28.5 Å². The minimum atomic E-state index is 0.568. The molecular weight excluding hydrogens is 262 g/mol. The molecule has 18 heavy (non-hydrogen) atoms. The average Bonchev–Trinajstić information content (AvgIpc) is 3.07. The van der Waals surface area contributed by atoms with Crippen LogP contribution in [0.25, 0.3) is 21.0 Å². The van der Waals surface area contributed by atoms with Gasteiger partial charge in [0.1, 0.15) is 0 Å². The van der Waals surface area contributed by atoms with Crippen LogP contribution in [0.15, 0.2) is 29.6 Å². The molecule has 5 heteroatoms. The molecule has 0 aliphatic heterocycles. The van der Waals surface area contributed by atoms with Gasteiger partial charge in [-0.3, -0.25) is 5.10 Å². The summed E-state index contributed by atoms with van der Waals surface area (Å²) in [5.74, 6) is 0.568. The van der Waals surface area contributed by atoms with Crippen LogP contribution < -0.4 is 5.73 Å². The molecule has 0 unspecified atom stereocenters. The Hall–Kier alpha value is -1.59. The van der Waals surface area contributed by atoms with Gasteiger partial charge in [-0.2, -0.15) is 5.10 Å². The molecule has 0 atom stereocenters. The van der Waals surface area contributed by atoms with E-state index in [4.69, 9.17) is 5.73 Å². The van der Waals surface area contributed by atoms with E-state index in [1.807, 2.05) is 6.07 Å². The molecule has 3 rings (SSSR count). The minimum Gasteiger partial charge on any atom is -0.382 e. The molecular formula is C13H13N3S2. The fourth-order valence-electron chi connectivity index (χ4n) is 1.91. The van der Waals surface area contributed by atoms with E-state index in [1.165, 1.54) is 9.75 Å². The minimum absolute atomic E-state index is 0.568. The first-order valence-electron chi connectivity index (χ1n) is 5.76.